The molecule has 0 amide bonds. The molecule has 0 N–H and O–H groups in total. The fourth-order valence-corrected chi connectivity index (χ4v) is 2.54. The lowest BCUT2D eigenvalue weighted by Gasteiger charge is -2.02. The van der Waals surface area contributed by atoms with E-state index in [0.29, 0.717) is 0 Å². The molecule has 0 unspecified atom stereocenters. The third kappa shape index (κ3) is 8.06. The second-order valence-electron chi connectivity index (χ2n) is 4.96. The van der Waals surface area contributed by atoms with Gasteiger partial charge >= 0.3 is 0 Å². The van der Waals surface area contributed by atoms with E-state index in [4.69, 9.17) is 0 Å². The van der Waals surface area contributed by atoms with Gasteiger partial charge in [0, 0.05) is 29.1 Å². The quantitative estimate of drug-likeness (QED) is 0.418. The van der Waals surface area contributed by atoms with Gasteiger partial charge in [-0.2, -0.15) is 0 Å². The Labute approximate surface area is 125 Å². The average molecular weight is 363 g/mol. The van der Waals surface area contributed by atoms with Crippen LogP contribution in [-0.2, 0) is 6.54 Å². The predicted octanol–water partition coefficient (Wildman–Crippen LogP) is 4.80. The highest BCUT2D eigenvalue weighted by atomic mass is 127. The number of hydrogen-bond donors (Lipinski definition) is 0. The number of unbranched alkanes of at least 4 members (excludes halogenated alkanes) is 9. The average Bonchev–Trinajstić information content (AvgIpc) is 2.77. The maximum Gasteiger partial charge on any atom is 0.211 e. The van der Waals surface area contributed by atoms with Crippen molar-refractivity contribution < 1.29 is 0 Å². The van der Waals surface area contributed by atoms with Crippen LogP contribution in [0.5, 0.6) is 0 Å². The number of rotatable bonds is 11. The summed E-state index contributed by atoms with van der Waals surface area (Å²) in [7, 11) is 0. The third-order valence-corrected chi connectivity index (χ3v) is 3.74. The summed E-state index contributed by atoms with van der Waals surface area (Å²) in [6, 6.07) is 0. The van der Waals surface area contributed by atoms with Gasteiger partial charge in [-0.15, -0.1) is 5.10 Å². The minimum atomic E-state index is 0.847. The molecule has 1 aromatic rings. The van der Waals surface area contributed by atoms with Crippen molar-refractivity contribution in [2.24, 2.45) is 0 Å². The SMILES string of the molecule is CCCCCCCCCCCCn1cnc(I)n1. The fraction of sp³-hybridized carbons (Fsp3) is 0.857. The summed E-state index contributed by atoms with van der Waals surface area (Å²) < 4.78 is 2.80. The van der Waals surface area contributed by atoms with Crippen molar-refractivity contribution in [1.29, 1.82) is 0 Å². The molecule has 3 nitrogen and oxygen atoms in total. The van der Waals surface area contributed by atoms with Crippen molar-refractivity contribution in [2.45, 2.75) is 77.7 Å². The molecule has 0 aliphatic carbocycles. The summed E-state index contributed by atoms with van der Waals surface area (Å²) in [6.07, 6.45) is 15.6. The molecule has 0 spiro atoms. The van der Waals surface area contributed by atoms with Gasteiger partial charge in [-0.05, 0) is 6.42 Å². The summed E-state index contributed by atoms with van der Waals surface area (Å²) >= 11 is 2.15. The molecule has 0 aliphatic heterocycles. The molecular weight excluding hydrogens is 337 g/mol. The second kappa shape index (κ2) is 10.8. The molecule has 1 aromatic heterocycles. The van der Waals surface area contributed by atoms with Crippen LogP contribution in [0.25, 0.3) is 0 Å². The minimum Gasteiger partial charge on any atom is -0.252 e. The maximum absolute atomic E-state index is 4.28. The Balaban J connectivity index is 1.81. The zero-order chi connectivity index (χ0) is 13.1. The second-order valence-corrected chi connectivity index (χ2v) is 5.92. The molecule has 0 bridgehead atoms. The Hall–Kier alpha value is -0.130. The highest BCUT2D eigenvalue weighted by molar-refractivity contribution is 14.1. The molecule has 0 aliphatic rings. The first-order chi connectivity index (χ1) is 8.83. The first-order valence-electron chi connectivity index (χ1n) is 7.38. The smallest absolute Gasteiger partial charge is 0.211 e. The van der Waals surface area contributed by atoms with Gasteiger partial charge in [0.25, 0.3) is 0 Å². The Morgan fingerprint density at radius 3 is 2.00 bits per heavy atom. The maximum atomic E-state index is 4.28. The van der Waals surface area contributed by atoms with Crippen LogP contribution in [0.3, 0.4) is 0 Å². The molecule has 1 rings (SSSR count). The number of nitrogens with zero attached hydrogens (tertiary/aromatic N) is 3. The van der Waals surface area contributed by atoms with Gasteiger partial charge in [0.15, 0.2) is 0 Å². The lowest BCUT2D eigenvalue weighted by molar-refractivity contribution is 0.514. The lowest BCUT2D eigenvalue weighted by atomic mass is 10.1. The van der Waals surface area contributed by atoms with Crippen LogP contribution in [-0.4, -0.2) is 14.8 Å². The van der Waals surface area contributed by atoms with Crippen molar-refractivity contribution >= 4 is 22.6 Å². The molecule has 0 aromatic carbocycles. The topological polar surface area (TPSA) is 30.7 Å². The Morgan fingerprint density at radius 2 is 1.50 bits per heavy atom. The fourth-order valence-electron chi connectivity index (χ4n) is 2.14. The van der Waals surface area contributed by atoms with Gasteiger partial charge in [0.05, 0.1) is 0 Å². The zero-order valence-electron chi connectivity index (χ0n) is 11.6. The molecule has 0 radical (unpaired) electrons. The number of aryl methyl sites for hydroxylation is 1. The van der Waals surface area contributed by atoms with E-state index in [9.17, 15) is 0 Å². The van der Waals surface area contributed by atoms with Gasteiger partial charge in [0.2, 0.25) is 3.83 Å². The predicted molar refractivity (Wildman–Crippen MR) is 84.6 cm³/mol. The highest BCUT2D eigenvalue weighted by Gasteiger charge is 1.96. The Kier molecular flexibility index (Phi) is 9.52. The van der Waals surface area contributed by atoms with Gasteiger partial charge in [-0.25, -0.2) is 4.98 Å². The van der Waals surface area contributed by atoms with Crippen molar-refractivity contribution in [2.75, 3.05) is 0 Å². The van der Waals surface area contributed by atoms with E-state index in [1.165, 1.54) is 64.2 Å². The minimum absolute atomic E-state index is 0.847. The summed E-state index contributed by atoms with van der Waals surface area (Å²) in [5, 5.41) is 4.28. The Morgan fingerprint density at radius 1 is 0.944 bits per heavy atom. The summed E-state index contributed by atoms with van der Waals surface area (Å²) in [5.74, 6) is 0. The van der Waals surface area contributed by atoms with Crippen LogP contribution in [0, 0.1) is 3.83 Å². The molecular formula is C14H26IN3. The summed E-state index contributed by atoms with van der Waals surface area (Å²) in [4.78, 5) is 4.12. The van der Waals surface area contributed by atoms with E-state index >= 15 is 0 Å². The molecule has 1 heterocycles. The number of halogens is 1. The molecule has 4 heteroatoms. The first-order valence-corrected chi connectivity index (χ1v) is 8.45. The van der Waals surface area contributed by atoms with Crippen LogP contribution in [0.2, 0.25) is 0 Å². The molecule has 0 fully saturated rings. The summed E-state index contributed by atoms with van der Waals surface area (Å²) in [5.41, 5.74) is 0. The van der Waals surface area contributed by atoms with E-state index in [0.717, 1.165) is 10.4 Å². The van der Waals surface area contributed by atoms with E-state index in [2.05, 4.69) is 39.6 Å². The van der Waals surface area contributed by atoms with Crippen LogP contribution in [0.15, 0.2) is 6.33 Å². The highest BCUT2D eigenvalue weighted by Crippen LogP contribution is 2.10. The van der Waals surface area contributed by atoms with Crippen LogP contribution >= 0.6 is 22.6 Å². The van der Waals surface area contributed by atoms with E-state index < -0.39 is 0 Å². The van der Waals surface area contributed by atoms with Crippen molar-refractivity contribution in [3.63, 3.8) is 0 Å². The van der Waals surface area contributed by atoms with Crippen LogP contribution < -0.4 is 0 Å². The molecule has 104 valence electrons. The molecule has 0 saturated carbocycles. The van der Waals surface area contributed by atoms with E-state index in [1.807, 2.05) is 11.0 Å². The largest absolute Gasteiger partial charge is 0.252 e. The van der Waals surface area contributed by atoms with Crippen molar-refractivity contribution in [1.82, 2.24) is 14.8 Å². The van der Waals surface area contributed by atoms with E-state index in [1.54, 1.807) is 0 Å². The van der Waals surface area contributed by atoms with Gasteiger partial charge in [-0.3, -0.25) is 4.68 Å². The standard InChI is InChI=1S/C14H26IN3/c1-2-3-4-5-6-7-8-9-10-11-12-18-13-16-14(15)17-18/h13H,2-12H2,1H3. The Bertz CT molecular complexity index is 299. The molecule has 18 heavy (non-hydrogen) atoms. The van der Waals surface area contributed by atoms with Crippen molar-refractivity contribution in [3.05, 3.63) is 10.2 Å². The zero-order valence-corrected chi connectivity index (χ0v) is 13.7. The number of hydrogen-bond acceptors (Lipinski definition) is 2. The van der Waals surface area contributed by atoms with Crippen LogP contribution in [0.1, 0.15) is 71.1 Å². The first kappa shape index (κ1) is 15.9. The monoisotopic (exact) mass is 363 g/mol. The van der Waals surface area contributed by atoms with Gasteiger partial charge in [0.1, 0.15) is 6.33 Å². The third-order valence-electron chi connectivity index (χ3n) is 3.25. The normalized spacial score (nSPS) is 11.0. The van der Waals surface area contributed by atoms with E-state index in [-0.39, 0.29) is 0 Å². The lowest BCUT2D eigenvalue weighted by Crippen LogP contribution is -1.98. The molecule has 0 saturated heterocycles. The van der Waals surface area contributed by atoms with Gasteiger partial charge < -0.3 is 0 Å². The number of aromatic nitrogens is 3. The summed E-state index contributed by atoms with van der Waals surface area (Å²) in [6.45, 7) is 3.29. The molecule has 0 atom stereocenters. The van der Waals surface area contributed by atoms with Crippen LogP contribution in [0.4, 0.5) is 0 Å². The van der Waals surface area contributed by atoms with Crippen molar-refractivity contribution in [3.8, 4) is 0 Å². The van der Waals surface area contributed by atoms with Gasteiger partial charge in [-0.1, -0.05) is 64.7 Å².